The van der Waals surface area contributed by atoms with Crippen molar-refractivity contribution in [3.05, 3.63) is 28.7 Å². The molecule has 2 aromatic rings. The minimum Gasteiger partial charge on any atom is -0.408 e. The van der Waals surface area contributed by atoms with E-state index in [1.807, 2.05) is 6.92 Å². The maximum Gasteiger partial charge on any atom is 0.419 e. The van der Waals surface area contributed by atoms with Crippen LogP contribution in [0.15, 0.2) is 27.4 Å². The lowest BCUT2D eigenvalue weighted by Crippen LogP contribution is -2.37. The molecule has 0 radical (unpaired) electrons. The number of aromatic nitrogens is 1. The van der Waals surface area contributed by atoms with Crippen LogP contribution in [0.5, 0.6) is 0 Å². The Hall–Kier alpha value is -1.80. The van der Waals surface area contributed by atoms with Crippen LogP contribution in [-0.4, -0.2) is 29.9 Å². The molecular formula is C13H17N3O4S. The van der Waals surface area contributed by atoms with Gasteiger partial charge in [-0.3, -0.25) is 9.29 Å². The third-order valence-corrected chi connectivity index (χ3v) is 5.49. The van der Waals surface area contributed by atoms with Crippen molar-refractivity contribution >= 4 is 27.0 Å². The first kappa shape index (κ1) is 14.2. The van der Waals surface area contributed by atoms with Crippen molar-refractivity contribution in [3.8, 4) is 0 Å². The number of hydrogen-bond donors (Lipinski definition) is 1. The summed E-state index contributed by atoms with van der Waals surface area (Å²) >= 11 is 0. The number of oxazole rings is 1. The zero-order chi connectivity index (χ0) is 15.2. The Morgan fingerprint density at radius 1 is 1.38 bits per heavy atom. The number of nitrogens with zero attached hydrogens (tertiary/aromatic N) is 2. The minimum absolute atomic E-state index is 0.00418. The monoisotopic (exact) mass is 311 g/mol. The molecule has 1 unspecified atom stereocenters. The van der Waals surface area contributed by atoms with E-state index in [-0.39, 0.29) is 6.04 Å². The third-order valence-electron chi connectivity index (χ3n) is 3.84. The van der Waals surface area contributed by atoms with Crippen LogP contribution in [0.3, 0.4) is 0 Å². The van der Waals surface area contributed by atoms with Gasteiger partial charge in [0.25, 0.3) is 0 Å². The third kappa shape index (κ3) is 2.44. The molecule has 0 spiro atoms. The largest absolute Gasteiger partial charge is 0.419 e. The minimum atomic E-state index is -3.57. The molecule has 1 N–H and O–H groups in total. The van der Waals surface area contributed by atoms with E-state index in [0.717, 1.165) is 12.8 Å². The molecule has 1 fully saturated rings. The fourth-order valence-electron chi connectivity index (χ4n) is 2.66. The van der Waals surface area contributed by atoms with Gasteiger partial charge in [0.1, 0.15) is 0 Å². The van der Waals surface area contributed by atoms with E-state index in [0.29, 0.717) is 23.3 Å². The highest BCUT2D eigenvalue weighted by molar-refractivity contribution is 7.90. The number of anilines is 1. The summed E-state index contributed by atoms with van der Waals surface area (Å²) in [7, 11) is -1.99. The smallest absolute Gasteiger partial charge is 0.408 e. The van der Waals surface area contributed by atoms with Gasteiger partial charge in [-0.15, -0.1) is 0 Å². The first-order chi connectivity index (χ1) is 9.88. The van der Waals surface area contributed by atoms with Crippen molar-refractivity contribution in [1.82, 2.24) is 8.87 Å². The maximum absolute atomic E-state index is 12.4. The number of nitrogens with one attached hydrogen (secondary N) is 1. The van der Waals surface area contributed by atoms with Crippen molar-refractivity contribution in [1.29, 1.82) is 0 Å². The molecule has 1 atom stereocenters. The van der Waals surface area contributed by atoms with Gasteiger partial charge in [-0.25, -0.2) is 4.79 Å². The Labute approximate surface area is 122 Å². The zero-order valence-electron chi connectivity index (χ0n) is 11.9. The first-order valence-corrected chi connectivity index (χ1v) is 8.21. The summed E-state index contributed by atoms with van der Waals surface area (Å²) in [5.74, 6) is -0.474. The number of benzene rings is 1. The lowest BCUT2D eigenvalue weighted by Gasteiger charge is -2.21. The second-order valence-corrected chi connectivity index (χ2v) is 6.94. The van der Waals surface area contributed by atoms with E-state index in [1.54, 1.807) is 25.2 Å². The van der Waals surface area contributed by atoms with Gasteiger partial charge in [0, 0.05) is 19.6 Å². The van der Waals surface area contributed by atoms with Crippen molar-refractivity contribution in [2.24, 2.45) is 7.05 Å². The highest BCUT2D eigenvalue weighted by atomic mass is 32.2. The summed E-state index contributed by atoms with van der Waals surface area (Å²) in [4.78, 5) is 11.4. The number of rotatable bonds is 3. The van der Waals surface area contributed by atoms with Gasteiger partial charge in [0.15, 0.2) is 5.58 Å². The average molecular weight is 311 g/mol. The number of aryl methyl sites for hydroxylation is 1. The van der Waals surface area contributed by atoms with Crippen LogP contribution in [-0.2, 0) is 17.3 Å². The molecule has 3 rings (SSSR count). The Morgan fingerprint density at radius 2 is 2.14 bits per heavy atom. The molecule has 2 heterocycles. The molecular weight excluding hydrogens is 294 g/mol. The van der Waals surface area contributed by atoms with E-state index in [1.165, 1.54) is 8.87 Å². The second kappa shape index (κ2) is 4.88. The fourth-order valence-corrected chi connectivity index (χ4v) is 4.15. The highest BCUT2D eigenvalue weighted by Gasteiger charge is 2.31. The van der Waals surface area contributed by atoms with Crippen LogP contribution in [0, 0.1) is 0 Å². The zero-order valence-corrected chi connectivity index (χ0v) is 12.7. The summed E-state index contributed by atoms with van der Waals surface area (Å²) < 4.78 is 35.1. The molecule has 0 saturated carbocycles. The van der Waals surface area contributed by atoms with Crippen molar-refractivity contribution in [2.75, 3.05) is 11.3 Å². The average Bonchev–Trinajstić information content (AvgIpc) is 2.96. The summed E-state index contributed by atoms with van der Waals surface area (Å²) in [6.45, 7) is 2.43. The van der Waals surface area contributed by atoms with Crippen LogP contribution in [0.1, 0.15) is 19.8 Å². The molecule has 1 aliphatic heterocycles. The molecule has 0 bridgehead atoms. The van der Waals surface area contributed by atoms with Gasteiger partial charge in [-0.05, 0) is 38.0 Å². The molecule has 114 valence electrons. The van der Waals surface area contributed by atoms with E-state index >= 15 is 0 Å². The van der Waals surface area contributed by atoms with E-state index in [2.05, 4.69) is 4.72 Å². The van der Waals surface area contributed by atoms with Crippen molar-refractivity contribution in [2.45, 2.75) is 25.8 Å². The molecule has 21 heavy (non-hydrogen) atoms. The van der Waals surface area contributed by atoms with E-state index < -0.39 is 16.0 Å². The second-order valence-electron chi connectivity index (χ2n) is 5.32. The van der Waals surface area contributed by atoms with Gasteiger partial charge in [0.05, 0.1) is 11.2 Å². The fraction of sp³-hybridized carbons (Fsp3) is 0.462. The molecule has 0 amide bonds. The van der Waals surface area contributed by atoms with Crippen molar-refractivity contribution < 1.29 is 12.8 Å². The molecule has 1 saturated heterocycles. The summed E-state index contributed by atoms with van der Waals surface area (Å²) in [5, 5.41) is 0. The molecule has 1 aromatic heterocycles. The van der Waals surface area contributed by atoms with Crippen LogP contribution in [0.4, 0.5) is 5.69 Å². The van der Waals surface area contributed by atoms with Gasteiger partial charge >= 0.3 is 16.0 Å². The predicted octanol–water partition coefficient (Wildman–Crippen LogP) is 1.27. The SMILES string of the molecule is CC1CCCN1S(=O)(=O)Nc1ccc2oc(=O)n(C)c2c1. The van der Waals surface area contributed by atoms with E-state index in [9.17, 15) is 13.2 Å². The molecule has 1 aliphatic rings. The van der Waals surface area contributed by atoms with Gasteiger partial charge in [0.2, 0.25) is 0 Å². The Morgan fingerprint density at radius 3 is 2.81 bits per heavy atom. The molecule has 0 aliphatic carbocycles. The molecule has 8 heteroatoms. The van der Waals surface area contributed by atoms with Crippen molar-refractivity contribution in [3.63, 3.8) is 0 Å². The summed E-state index contributed by atoms with van der Waals surface area (Å²) in [6, 6.07) is 4.77. The van der Waals surface area contributed by atoms with Crippen LogP contribution in [0.25, 0.3) is 11.1 Å². The standard InChI is InChI=1S/C13H17N3O4S/c1-9-4-3-7-16(9)21(18,19)14-10-5-6-12-11(8-10)15(2)13(17)20-12/h5-6,8-9,14H,3-4,7H2,1-2H3. The van der Waals surface area contributed by atoms with E-state index in [4.69, 9.17) is 4.42 Å². The highest BCUT2D eigenvalue weighted by Crippen LogP contribution is 2.24. The predicted molar refractivity (Wildman–Crippen MR) is 79.4 cm³/mol. The first-order valence-electron chi connectivity index (χ1n) is 6.77. The Kier molecular flexibility index (Phi) is 3.29. The summed E-state index contributed by atoms with van der Waals surface area (Å²) in [6.07, 6.45) is 1.74. The molecule has 7 nitrogen and oxygen atoms in total. The topological polar surface area (TPSA) is 84.6 Å². The normalized spacial score (nSPS) is 20.2. The number of fused-ring (bicyclic) bond motifs is 1. The van der Waals surface area contributed by atoms with Crippen LogP contribution >= 0.6 is 0 Å². The van der Waals surface area contributed by atoms with Gasteiger partial charge in [-0.1, -0.05) is 0 Å². The van der Waals surface area contributed by atoms with Gasteiger partial charge in [-0.2, -0.15) is 12.7 Å². The lowest BCUT2D eigenvalue weighted by molar-refractivity contribution is 0.412. The quantitative estimate of drug-likeness (QED) is 0.925. The molecule has 1 aromatic carbocycles. The summed E-state index contributed by atoms with van der Waals surface area (Å²) in [5.41, 5.74) is 1.40. The Balaban J connectivity index is 1.94. The van der Waals surface area contributed by atoms with Gasteiger partial charge < -0.3 is 4.42 Å². The van der Waals surface area contributed by atoms with Crippen LogP contribution in [0.2, 0.25) is 0 Å². The number of hydrogen-bond acceptors (Lipinski definition) is 4. The Bertz CT molecular complexity index is 837. The maximum atomic E-state index is 12.4. The lowest BCUT2D eigenvalue weighted by atomic mass is 10.3. The van der Waals surface area contributed by atoms with Crippen LogP contribution < -0.4 is 10.5 Å².